The van der Waals surface area contributed by atoms with E-state index in [1.54, 1.807) is 6.20 Å². The second-order valence-electron chi connectivity index (χ2n) is 7.47. The van der Waals surface area contributed by atoms with Gasteiger partial charge < -0.3 is 15.5 Å². The van der Waals surface area contributed by atoms with Gasteiger partial charge >= 0.3 is 0 Å². The van der Waals surface area contributed by atoms with Crippen molar-refractivity contribution in [3.63, 3.8) is 0 Å². The third-order valence-electron chi connectivity index (χ3n) is 5.64. The van der Waals surface area contributed by atoms with E-state index in [0.717, 1.165) is 35.9 Å². The van der Waals surface area contributed by atoms with Gasteiger partial charge in [0.15, 0.2) is 0 Å². The minimum atomic E-state index is -0.0599. The summed E-state index contributed by atoms with van der Waals surface area (Å²) in [6, 6.07) is 16.3. The van der Waals surface area contributed by atoms with Crippen LogP contribution >= 0.6 is 0 Å². The third kappa shape index (κ3) is 3.85. The number of hydrogen-bond donors (Lipinski definition) is 2. The monoisotopic (exact) mass is 361 g/mol. The highest BCUT2D eigenvalue weighted by atomic mass is 16.2. The Morgan fingerprint density at radius 2 is 1.85 bits per heavy atom. The predicted molar refractivity (Wildman–Crippen MR) is 113 cm³/mol. The Morgan fingerprint density at radius 3 is 2.59 bits per heavy atom. The molecule has 4 nitrogen and oxygen atoms in total. The van der Waals surface area contributed by atoms with Gasteiger partial charge in [-0.05, 0) is 49.1 Å². The first-order valence-corrected chi connectivity index (χ1v) is 9.97. The van der Waals surface area contributed by atoms with Crippen molar-refractivity contribution < 1.29 is 4.79 Å². The standard InChI is InChI=1S/C23H27N3O/c1-2-5-17-12-14-26(15-13-17)19-10-8-18(9-11-19)24-16-21-20-6-3-4-7-22(20)25-23(21)27/h3-4,6-11,16-17,24H,2,5,12-15H2,1H3,(H,25,27)/b21-16+. The normalized spacial score (nSPS) is 18.5. The van der Waals surface area contributed by atoms with Gasteiger partial charge in [0.2, 0.25) is 0 Å². The molecule has 0 unspecified atom stereocenters. The number of benzene rings is 2. The molecule has 1 fully saturated rings. The molecule has 4 heteroatoms. The number of amides is 1. The van der Waals surface area contributed by atoms with E-state index in [1.807, 2.05) is 24.3 Å². The third-order valence-corrected chi connectivity index (χ3v) is 5.64. The molecular formula is C23H27N3O. The SMILES string of the molecule is CCCC1CCN(c2ccc(N/C=C3/C(=O)Nc4ccccc43)cc2)CC1. The van der Waals surface area contributed by atoms with Crippen molar-refractivity contribution in [1.29, 1.82) is 0 Å². The van der Waals surface area contributed by atoms with Crippen molar-refractivity contribution in [1.82, 2.24) is 0 Å². The van der Waals surface area contributed by atoms with Crippen molar-refractivity contribution in [3.8, 4) is 0 Å². The minimum absolute atomic E-state index is 0.0599. The molecule has 2 aromatic carbocycles. The van der Waals surface area contributed by atoms with Crippen LogP contribution in [0.1, 0.15) is 38.2 Å². The Kier molecular flexibility index (Phi) is 5.14. The molecule has 0 aromatic heterocycles. The van der Waals surface area contributed by atoms with Crippen LogP contribution in [0.3, 0.4) is 0 Å². The van der Waals surface area contributed by atoms with Gasteiger partial charge in [-0.25, -0.2) is 0 Å². The number of para-hydroxylation sites is 1. The predicted octanol–water partition coefficient (Wildman–Crippen LogP) is 5.11. The molecule has 0 atom stereocenters. The molecule has 2 N–H and O–H groups in total. The number of nitrogens with zero attached hydrogens (tertiary/aromatic N) is 1. The highest BCUT2D eigenvalue weighted by Crippen LogP contribution is 2.31. The van der Waals surface area contributed by atoms with Gasteiger partial charge in [0.05, 0.1) is 5.57 Å². The molecule has 0 saturated carbocycles. The average molecular weight is 361 g/mol. The topological polar surface area (TPSA) is 44.4 Å². The molecule has 4 rings (SSSR count). The zero-order chi connectivity index (χ0) is 18.6. The van der Waals surface area contributed by atoms with Gasteiger partial charge in [-0.15, -0.1) is 0 Å². The number of hydrogen-bond acceptors (Lipinski definition) is 3. The molecule has 1 amide bonds. The van der Waals surface area contributed by atoms with E-state index in [2.05, 4.69) is 46.7 Å². The first kappa shape index (κ1) is 17.7. The maximum atomic E-state index is 12.2. The lowest BCUT2D eigenvalue weighted by atomic mass is 9.92. The number of carbonyl (C=O) groups is 1. The lowest BCUT2D eigenvalue weighted by Crippen LogP contribution is -2.33. The maximum absolute atomic E-state index is 12.2. The summed E-state index contributed by atoms with van der Waals surface area (Å²) in [4.78, 5) is 14.6. The second-order valence-corrected chi connectivity index (χ2v) is 7.47. The zero-order valence-corrected chi connectivity index (χ0v) is 15.9. The van der Waals surface area contributed by atoms with E-state index >= 15 is 0 Å². The van der Waals surface area contributed by atoms with Gasteiger partial charge in [-0.2, -0.15) is 0 Å². The Hall–Kier alpha value is -2.75. The maximum Gasteiger partial charge on any atom is 0.257 e. The molecule has 0 bridgehead atoms. The van der Waals surface area contributed by atoms with Crippen LogP contribution in [0.4, 0.5) is 17.1 Å². The van der Waals surface area contributed by atoms with Crippen molar-refractivity contribution in [2.75, 3.05) is 28.6 Å². The van der Waals surface area contributed by atoms with Crippen LogP contribution in [0, 0.1) is 5.92 Å². The second kappa shape index (κ2) is 7.87. The Balaban J connectivity index is 1.40. The Bertz CT molecular complexity index is 833. The first-order chi connectivity index (χ1) is 13.2. The zero-order valence-electron chi connectivity index (χ0n) is 15.9. The number of piperidine rings is 1. The number of carbonyl (C=O) groups excluding carboxylic acids is 1. The average Bonchev–Trinajstić information content (AvgIpc) is 3.03. The van der Waals surface area contributed by atoms with Crippen LogP contribution in [0.5, 0.6) is 0 Å². The number of rotatable bonds is 5. The van der Waals surface area contributed by atoms with Crippen LogP contribution in [0.2, 0.25) is 0 Å². The smallest absolute Gasteiger partial charge is 0.257 e. The summed E-state index contributed by atoms with van der Waals surface area (Å²) in [5.74, 6) is 0.842. The van der Waals surface area contributed by atoms with E-state index < -0.39 is 0 Å². The summed E-state index contributed by atoms with van der Waals surface area (Å²) in [7, 11) is 0. The molecule has 0 spiro atoms. The van der Waals surface area contributed by atoms with E-state index in [4.69, 9.17) is 0 Å². The highest BCUT2D eigenvalue weighted by Gasteiger charge is 2.23. The summed E-state index contributed by atoms with van der Waals surface area (Å²) in [6.07, 6.45) is 7.06. The molecule has 2 aliphatic rings. The Labute approximate surface area is 161 Å². The van der Waals surface area contributed by atoms with Gasteiger partial charge in [0.25, 0.3) is 5.91 Å². The highest BCUT2D eigenvalue weighted by molar-refractivity contribution is 6.31. The van der Waals surface area contributed by atoms with Crippen LogP contribution < -0.4 is 15.5 Å². The molecule has 2 heterocycles. The molecule has 1 saturated heterocycles. The summed E-state index contributed by atoms with van der Waals surface area (Å²) in [5, 5.41) is 6.16. The quantitative estimate of drug-likeness (QED) is 0.728. The fourth-order valence-corrected chi connectivity index (χ4v) is 4.09. The van der Waals surface area contributed by atoms with Gasteiger partial charge in [0, 0.05) is 41.9 Å². The largest absolute Gasteiger partial charge is 0.372 e. The number of nitrogens with one attached hydrogen (secondary N) is 2. The van der Waals surface area contributed by atoms with Crippen LogP contribution in [-0.2, 0) is 4.79 Å². The molecule has 0 radical (unpaired) electrons. The minimum Gasteiger partial charge on any atom is -0.372 e. The summed E-state index contributed by atoms with van der Waals surface area (Å²) in [6.45, 7) is 4.58. The molecule has 2 aliphatic heterocycles. The fourth-order valence-electron chi connectivity index (χ4n) is 4.09. The fraction of sp³-hybridized carbons (Fsp3) is 0.348. The Morgan fingerprint density at radius 1 is 1.11 bits per heavy atom. The summed E-state index contributed by atoms with van der Waals surface area (Å²) >= 11 is 0. The van der Waals surface area contributed by atoms with Crippen molar-refractivity contribution in [2.24, 2.45) is 5.92 Å². The molecule has 27 heavy (non-hydrogen) atoms. The number of anilines is 3. The summed E-state index contributed by atoms with van der Waals surface area (Å²) < 4.78 is 0. The van der Waals surface area contributed by atoms with Crippen LogP contribution in [-0.4, -0.2) is 19.0 Å². The van der Waals surface area contributed by atoms with E-state index in [1.165, 1.54) is 31.4 Å². The first-order valence-electron chi connectivity index (χ1n) is 9.97. The molecular weight excluding hydrogens is 334 g/mol. The number of fused-ring (bicyclic) bond motifs is 1. The van der Waals surface area contributed by atoms with E-state index in [0.29, 0.717) is 5.57 Å². The lowest BCUT2D eigenvalue weighted by Gasteiger charge is -2.33. The van der Waals surface area contributed by atoms with Crippen LogP contribution in [0.15, 0.2) is 54.7 Å². The van der Waals surface area contributed by atoms with Gasteiger partial charge in [-0.3, -0.25) is 4.79 Å². The van der Waals surface area contributed by atoms with Crippen molar-refractivity contribution in [2.45, 2.75) is 32.6 Å². The van der Waals surface area contributed by atoms with Gasteiger partial charge in [-0.1, -0.05) is 38.0 Å². The van der Waals surface area contributed by atoms with E-state index in [9.17, 15) is 4.79 Å². The van der Waals surface area contributed by atoms with Crippen molar-refractivity contribution in [3.05, 3.63) is 60.3 Å². The lowest BCUT2D eigenvalue weighted by molar-refractivity contribution is -0.110. The molecule has 2 aromatic rings. The van der Waals surface area contributed by atoms with Crippen LogP contribution in [0.25, 0.3) is 5.57 Å². The molecule has 0 aliphatic carbocycles. The van der Waals surface area contributed by atoms with Gasteiger partial charge in [0.1, 0.15) is 0 Å². The molecule has 140 valence electrons. The summed E-state index contributed by atoms with van der Waals surface area (Å²) in [5.41, 5.74) is 4.77. The van der Waals surface area contributed by atoms with E-state index in [-0.39, 0.29) is 5.91 Å². The van der Waals surface area contributed by atoms with Crippen molar-refractivity contribution >= 4 is 28.5 Å².